The largest absolute Gasteiger partial charge is 0.394 e. The van der Waals surface area contributed by atoms with Gasteiger partial charge in [0.1, 0.15) is 0 Å². The van der Waals surface area contributed by atoms with E-state index in [0.29, 0.717) is 26.3 Å². The first-order chi connectivity index (χ1) is 26.0. The second-order valence-electron chi connectivity index (χ2n) is 17.1. The van der Waals surface area contributed by atoms with Gasteiger partial charge in [-0.25, -0.2) is 39.1 Å². The molecule has 0 radical (unpaired) electrons. The minimum absolute atomic E-state index is 0.00750. The number of nitrogens with one attached hydrogen (secondary N) is 2. The van der Waals surface area contributed by atoms with Gasteiger partial charge < -0.3 is 25.6 Å². The van der Waals surface area contributed by atoms with Crippen molar-refractivity contribution in [3.05, 3.63) is 0 Å². The van der Waals surface area contributed by atoms with E-state index < -0.39 is 0 Å². The van der Waals surface area contributed by atoms with Crippen LogP contribution in [0.25, 0.3) is 0 Å². The number of nitrogens with zero attached hydrogens (tertiary/aromatic N) is 4. The van der Waals surface area contributed by atoms with Crippen LogP contribution in [0.5, 0.6) is 0 Å². The van der Waals surface area contributed by atoms with Gasteiger partial charge in [0.25, 0.3) is 0 Å². The van der Waals surface area contributed by atoms with Crippen LogP contribution in [-0.2, 0) is 33.5 Å². The van der Waals surface area contributed by atoms with Crippen molar-refractivity contribution in [1.29, 1.82) is 0 Å². The highest BCUT2D eigenvalue weighted by atomic mass is 16.5. The molecule has 2 amide bonds. The molecule has 4 rings (SSSR count). The molecule has 2 aliphatic carbocycles. The first kappa shape index (κ1) is 51.3. The number of aliphatic imine (C=N–C) groups is 4. The Kier molecular flexibility index (Phi) is 26.8. The normalized spacial score (nSPS) is 26.3. The minimum Gasteiger partial charge on any atom is -0.394 e. The smallest absolute Gasteiger partial charge is 0.235 e. The van der Waals surface area contributed by atoms with Gasteiger partial charge in [-0.2, -0.15) is 0 Å². The first-order valence-corrected chi connectivity index (χ1v) is 19.6. The molecule has 0 aromatic carbocycles. The van der Waals surface area contributed by atoms with Crippen molar-refractivity contribution in [3.8, 4) is 0 Å². The Balaban J connectivity index is 0.000000694. The molecule has 2 aliphatic heterocycles. The summed E-state index contributed by atoms with van der Waals surface area (Å²) in [7, 11) is 0. The van der Waals surface area contributed by atoms with Gasteiger partial charge in [0, 0.05) is 25.9 Å². The lowest BCUT2D eigenvalue weighted by molar-refractivity contribution is -0.121. The SMILES string of the molecule is CC1(C)CC(N=C=O)CC(C)(CN=C=O)C1.CC1(C)CC(N=C=O)CC(C)(CN=C=O)C1.O=C1CCCCCN1.O=C1CCCCCN1.OCCOCCO. The molecule has 55 heavy (non-hydrogen) atoms. The fraction of sp³-hybridized carbons (Fsp3) is 0.850. The maximum atomic E-state index is 10.6. The lowest BCUT2D eigenvalue weighted by Gasteiger charge is -2.44. The number of carbonyl (C=O) groups is 2. The molecular formula is C40H68N6O9. The van der Waals surface area contributed by atoms with Gasteiger partial charge in [0.2, 0.25) is 36.1 Å². The number of carbonyl (C=O) groups excluding carboxylic acids is 6. The number of amides is 2. The van der Waals surface area contributed by atoms with Crippen LogP contribution in [0, 0.1) is 21.7 Å². The summed E-state index contributed by atoms with van der Waals surface area (Å²) in [5.41, 5.74) is 0.112. The van der Waals surface area contributed by atoms with Crippen LogP contribution in [0.4, 0.5) is 0 Å². The Labute approximate surface area is 327 Å². The third kappa shape index (κ3) is 26.7. The van der Waals surface area contributed by atoms with Crippen LogP contribution < -0.4 is 10.6 Å². The molecule has 2 saturated carbocycles. The lowest BCUT2D eigenvalue weighted by atomic mass is 9.63. The summed E-state index contributed by atoms with van der Waals surface area (Å²) in [6.45, 7) is 16.2. The van der Waals surface area contributed by atoms with Crippen LogP contribution in [0.1, 0.15) is 131 Å². The van der Waals surface area contributed by atoms with Crippen LogP contribution >= 0.6 is 0 Å². The van der Waals surface area contributed by atoms with Crippen LogP contribution in [0.2, 0.25) is 0 Å². The van der Waals surface area contributed by atoms with Gasteiger partial charge in [0.15, 0.2) is 0 Å². The first-order valence-electron chi connectivity index (χ1n) is 19.6. The predicted octanol–water partition coefficient (Wildman–Crippen LogP) is 4.83. The number of aliphatic hydroxyl groups is 2. The van der Waals surface area contributed by atoms with Gasteiger partial charge in [-0.15, -0.1) is 0 Å². The Bertz CT molecular complexity index is 1200. The van der Waals surface area contributed by atoms with E-state index in [1.165, 1.54) is 12.8 Å². The molecule has 4 N–H and O–H groups in total. The summed E-state index contributed by atoms with van der Waals surface area (Å²) in [6, 6.07) is 0.0150. The highest BCUT2D eigenvalue weighted by molar-refractivity contribution is 5.76. The summed E-state index contributed by atoms with van der Waals surface area (Å²) in [6.07, 6.45) is 20.1. The molecule has 4 aliphatic rings. The second-order valence-corrected chi connectivity index (χ2v) is 17.1. The number of isocyanates is 4. The predicted molar refractivity (Wildman–Crippen MR) is 209 cm³/mol. The van der Waals surface area contributed by atoms with E-state index in [4.69, 9.17) is 10.2 Å². The van der Waals surface area contributed by atoms with Gasteiger partial charge in [-0.05, 0) is 85.9 Å². The summed E-state index contributed by atoms with van der Waals surface area (Å²) in [5.74, 6) is 0.449. The van der Waals surface area contributed by atoms with E-state index in [9.17, 15) is 28.8 Å². The summed E-state index contributed by atoms with van der Waals surface area (Å²) < 4.78 is 4.63. The van der Waals surface area contributed by atoms with Crippen LogP contribution in [0.3, 0.4) is 0 Å². The van der Waals surface area contributed by atoms with E-state index in [1.54, 1.807) is 24.3 Å². The molecule has 4 fully saturated rings. The Hall–Kier alpha value is -3.66. The maximum absolute atomic E-state index is 10.6. The zero-order valence-electron chi connectivity index (χ0n) is 34.3. The molecule has 15 heteroatoms. The summed E-state index contributed by atoms with van der Waals surface area (Å²) >= 11 is 0. The minimum atomic E-state index is -0.0653. The molecule has 4 unspecified atom stereocenters. The van der Waals surface area contributed by atoms with Gasteiger partial charge >= 0.3 is 0 Å². The quantitative estimate of drug-likeness (QED) is 0.135. The molecule has 4 atom stereocenters. The van der Waals surface area contributed by atoms with Gasteiger partial charge in [0.05, 0.1) is 51.6 Å². The van der Waals surface area contributed by atoms with Gasteiger partial charge in [-0.3, -0.25) is 9.59 Å². The highest BCUT2D eigenvalue weighted by Crippen LogP contribution is 2.48. The highest BCUT2D eigenvalue weighted by Gasteiger charge is 2.42. The zero-order valence-corrected chi connectivity index (χ0v) is 34.3. The zero-order chi connectivity index (χ0) is 41.6. The van der Waals surface area contributed by atoms with E-state index in [-0.39, 0.29) is 58.8 Å². The Morgan fingerprint density at radius 3 is 1.31 bits per heavy atom. The molecule has 0 aromatic heterocycles. The van der Waals surface area contributed by atoms with Crippen LogP contribution in [-0.4, -0.2) is 111 Å². The Morgan fingerprint density at radius 2 is 0.982 bits per heavy atom. The average Bonchev–Trinajstić information content (AvgIpc) is 3.50. The summed E-state index contributed by atoms with van der Waals surface area (Å²) in [4.78, 5) is 77.2. The number of aliphatic hydroxyl groups excluding tert-OH is 2. The number of rotatable bonds is 10. The van der Waals surface area contributed by atoms with E-state index in [0.717, 1.165) is 90.1 Å². The Morgan fingerprint density at radius 1 is 0.600 bits per heavy atom. The topological polar surface area (TPSA) is 226 Å². The van der Waals surface area contributed by atoms with Crippen molar-refractivity contribution in [3.63, 3.8) is 0 Å². The third-order valence-electron chi connectivity index (χ3n) is 9.64. The van der Waals surface area contributed by atoms with Crippen LogP contribution in [0.15, 0.2) is 20.0 Å². The monoisotopic (exact) mass is 777 g/mol. The van der Waals surface area contributed by atoms with Crippen molar-refractivity contribution < 1.29 is 43.7 Å². The molecular weight excluding hydrogens is 708 g/mol. The summed E-state index contributed by atoms with van der Waals surface area (Å²) in [5, 5.41) is 21.8. The molecule has 15 nitrogen and oxygen atoms in total. The number of ether oxygens (including phenoxy) is 1. The molecule has 2 heterocycles. The fourth-order valence-electron chi connectivity index (χ4n) is 8.21. The molecule has 0 spiro atoms. The molecule has 0 bridgehead atoms. The fourth-order valence-corrected chi connectivity index (χ4v) is 8.21. The third-order valence-corrected chi connectivity index (χ3v) is 9.64. The van der Waals surface area contributed by atoms with E-state index in [2.05, 4.69) is 76.9 Å². The lowest BCUT2D eigenvalue weighted by Crippen LogP contribution is -2.39. The number of hydrogen-bond acceptors (Lipinski definition) is 13. The maximum Gasteiger partial charge on any atom is 0.235 e. The molecule has 0 aromatic rings. The standard InChI is InChI=1S/2C12H18N2O2.2C6H11NO.C4H10O3/c2*1-11(2)4-10(14-9-16)5-12(3,6-11)7-13-8-15;2*8-6-4-2-1-3-5-7-6;5-1-3-7-4-2-6/h2*10H,4-7H2,1-3H3;2*1-5H2,(H,7,8);5-6H,1-4H2. The van der Waals surface area contributed by atoms with E-state index in [1.807, 2.05) is 0 Å². The van der Waals surface area contributed by atoms with Crippen molar-refractivity contribution >= 4 is 36.1 Å². The van der Waals surface area contributed by atoms with Gasteiger partial charge in [-0.1, -0.05) is 54.4 Å². The molecule has 2 saturated heterocycles. The van der Waals surface area contributed by atoms with Crippen molar-refractivity contribution in [2.45, 2.75) is 144 Å². The number of hydrogen-bond donors (Lipinski definition) is 4. The van der Waals surface area contributed by atoms with Crippen molar-refractivity contribution in [2.75, 3.05) is 52.6 Å². The van der Waals surface area contributed by atoms with Crippen molar-refractivity contribution in [2.24, 2.45) is 41.6 Å². The van der Waals surface area contributed by atoms with E-state index >= 15 is 0 Å². The average molecular weight is 777 g/mol. The van der Waals surface area contributed by atoms with Crippen molar-refractivity contribution in [1.82, 2.24) is 10.6 Å². The molecule has 312 valence electrons. The second kappa shape index (κ2) is 28.7.